The number of carbonyl (C=O) groups is 2. The Morgan fingerprint density at radius 2 is 2.25 bits per heavy atom. The quantitative estimate of drug-likeness (QED) is 0.845. The summed E-state index contributed by atoms with van der Waals surface area (Å²) in [6.07, 6.45) is 2.20. The van der Waals surface area contributed by atoms with Crippen molar-refractivity contribution in [3.63, 3.8) is 0 Å². The van der Waals surface area contributed by atoms with Crippen LogP contribution in [0.15, 0.2) is 28.2 Å². The third-order valence-electron chi connectivity index (χ3n) is 4.47. The largest absolute Gasteiger partial charge is 0.488 e. The van der Waals surface area contributed by atoms with Crippen LogP contribution in [0, 0.1) is 5.41 Å². The highest BCUT2D eigenvalue weighted by Crippen LogP contribution is 2.34. The molecule has 24 heavy (non-hydrogen) atoms. The van der Waals surface area contributed by atoms with Crippen molar-refractivity contribution in [2.45, 2.75) is 6.42 Å². The van der Waals surface area contributed by atoms with Crippen LogP contribution in [0.3, 0.4) is 0 Å². The van der Waals surface area contributed by atoms with E-state index in [1.165, 1.54) is 7.11 Å². The highest BCUT2D eigenvalue weighted by Gasteiger charge is 2.46. The van der Waals surface area contributed by atoms with E-state index in [0.717, 1.165) is 15.8 Å². The molecule has 1 amide bonds. The molecule has 6 nitrogen and oxygen atoms in total. The highest BCUT2D eigenvalue weighted by molar-refractivity contribution is 9.10. The average molecular weight is 396 g/mol. The minimum Gasteiger partial charge on any atom is -0.488 e. The van der Waals surface area contributed by atoms with Gasteiger partial charge in [0.15, 0.2) is 0 Å². The number of hydrogen-bond donors (Lipinski definition) is 1. The van der Waals surface area contributed by atoms with Gasteiger partial charge >= 0.3 is 5.97 Å². The standard InChI is InChI=1S/C17H18BrNO5/c1-23-10-17(16(21)22)4-5-19(9-17)15(20)12-6-11-7-13(18)2-3-14(11)24-8-12/h2-3,6-7H,4-5,8-10H2,1H3,(H,21,22). The van der Waals surface area contributed by atoms with Crippen molar-refractivity contribution in [1.82, 2.24) is 4.90 Å². The summed E-state index contributed by atoms with van der Waals surface area (Å²) in [6.45, 7) is 0.834. The molecule has 0 saturated carbocycles. The van der Waals surface area contributed by atoms with Crippen LogP contribution in [0.25, 0.3) is 6.08 Å². The Kier molecular flexibility index (Phi) is 4.64. The molecule has 0 aromatic heterocycles. The smallest absolute Gasteiger partial charge is 0.313 e. The van der Waals surface area contributed by atoms with Crippen molar-refractivity contribution in [1.29, 1.82) is 0 Å². The van der Waals surface area contributed by atoms with Crippen LogP contribution in [-0.4, -0.2) is 55.3 Å². The SMILES string of the molecule is COCC1(C(=O)O)CCN(C(=O)C2=Cc3cc(Br)ccc3OC2)C1. The molecule has 1 saturated heterocycles. The van der Waals surface area contributed by atoms with Gasteiger partial charge in [-0.1, -0.05) is 15.9 Å². The van der Waals surface area contributed by atoms with Crippen LogP contribution < -0.4 is 4.74 Å². The molecule has 0 bridgehead atoms. The van der Waals surface area contributed by atoms with Crippen LogP contribution in [0.4, 0.5) is 0 Å². The van der Waals surface area contributed by atoms with E-state index in [-0.39, 0.29) is 25.7 Å². The van der Waals surface area contributed by atoms with Gasteiger partial charge in [-0.05, 0) is 30.7 Å². The van der Waals surface area contributed by atoms with Gasteiger partial charge in [-0.25, -0.2) is 0 Å². The van der Waals surface area contributed by atoms with Gasteiger partial charge in [0.1, 0.15) is 17.8 Å². The number of hydrogen-bond acceptors (Lipinski definition) is 4. The summed E-state index contributed by atoms with van der Waals surface area (Å²) in [7, 11) is 1.47. The van der Waals surface area contributed by atoms with Crippen LogP contribution in [0.1, 0.15) is 12.0 Å². The predicted octanol–water partition coefficient (Wildman–Crippen LogP) is 2.17. The van der Waals surface area contributed by atoms with E-state index in [2.05, 4.69) is 15.9 Å². The Bertz CT molecular complexity index is 717. The van der Waals surface area contributed by atoms with Gasteiger partial charge in [-0.2, -0.15) is 0 Å². The fourth-order valence-electron chi connectivity index (χ4n) is 3.15. The molecule has 1 aromatic carbocycles. The second kappa shape index (κ2) is 6.57. The number of rotatable bonds is 4. The summed E-state index contributed by atoms with van der Waals surface area (Å²) >= 11 is 3.40. The van der Waals surface area contributed by atoms with Gasteiger partial charge < -0.3 is 19.5 Å². The fourth-order valence-corrected chi connectivity index (χ4v) is 3.53. The Balaban J connectivity index is 1.80. The number of methoxy groups -OCH3 is 1. The minimum absolute atomic E-state index is 0.0947. The van der Waals surface area contributed by atoms with E-state index in [1.54, 1.807) is 4.90 Å². The van der Waals surface area contributed by atoms with Gasteiger partial charge in [0.25, 0.3) is 5.91 Å². The summed E-state index contributed by atoms with van der Waals surface area (Å²) in [5, 5.41) is 9.50. The first-order chi connectivity index (χ1) is 11.4. The van der Waals surface area contributed by atoms with Gasteiger partial charge in [-0.15, -0.1) is 0 Å². The number of fused-ring (bicyclic) bond motifs is 1. The third kappa shape index (κ3) is 3.06. The van der Waals surface area contributed by atoms with Crippen molar-refractivity contribution in [2.75, 3.05) is 33.4 Å². The molecule has 1 fully saturated rings. The van der Waals surface area contributed by atoms with Gasteiger partial charge in [0.2, 0.25) is 0 Å². The number of carboxylic acid groups (broad SMARTS) is 1. The zero-order valence-corrected chi connectivity index (χ0v) is 14.8. The summed E-state index contributed by atoms with van der Waals surface area (Å²) in [4.78, 5) is 25.9. The van der Waals surface area contributed by atoms with Crippen molar-refractivity contribution in [2.24, 2.45) is 5.41 Å². The molecule has 1 atom stereocenters. The number of nitrogens with zero attached hydrogens (tertiary/aromatic N) is 1. The maximum atomic E-state index is 12.7. The maximum absolute atomic E-state index is 12.7. The molecule has 128 valence electrons. The number of benzene rings is 1. The Morgan fingerprint density at radius 1 is 1.46 bits per heavy atom. The minimum atomic E-state index is -1.03. The predicted molar refractivity (Wildman–Crippen MR) is 90.8 cm³/mol. The van der Waals surface area contributed by atoms with E-state index < -0.39 is 11.4 Å². The first kappa shape index (κ1) is 17.0. The second-order valence-corrected chi connectivity index (χ2v) is 7.05. The lowest BCUT2D eigenvalue weighted by molar-refractivity contribution is -0.151. The van der Waals surface area contributed by atoms with Crippen LogP contribution in [0.2, 0.25) is 0 Å². The van der Waals surface area contributed by atoms with E-state index in [0.29, 0.717) is 18.5 Å². The van der Waals surface area contributed by atoms with Crippen molar-refractivity contribution < 1.29 is 24.2 Å². The number of carboxylic acids is 1. The zero-order chi connectivity index (χ0) is 17.3. The molecule has 0 radical (unpaired) electrons. The summed E-state index contributed by atoms with van der Waals surface area (Å²) < 4.78 is 11.6. The van der Waals surface area contributed by atoms with Crippen molar-refractivity contribution >= 4 is 33.9 Å². The highest BCUT2D eigenvalue weighted by atomic mass is 79.9. The number of halogens is 1. The first-order valence-corrected chi connectivity index (χ1v) is 8.39. The number of carbonyl (C=O) groups excluding carboxylic acids is 1. The molecule has 2 aliphatic rings. The summed E-state index contributed by atoms with van der Waals surface area (Å²) in [5.74, 6) is -0.377. The molecule has 2 aliphatic heterocycles. The Hall–Kier alpha value is -1.86. The first-order valence-electron chi connectivity index (χ1n) is 7.60. The molecule has 2 heterocycles. The Labute approximate surface area is 148 Å². The maximum Gasteiger partial charge on any atom is 0.313 e. The lowest BCUT2D eigenvalue weighted by atomic mass is 9.88. The number of aliphatic carboxylic acids is 1. The van der Waals surface area contributed by atoms with Crippen LogP contribution in [0.5, 0.6) is 5.75 Å². The van der Waals surface area contributed by atoms with Crippen LogP contribution >= 0.6 is 15.9 Å². The molecule has 0 aliphatic carbocycles. The molecule has 0 spiro atoms. The molecule has 3 rings (SSSR count). The van der Waals surface area contributed by atoms with Crippen molar-refractivity contribution in [3.05, 3.63) is 33.8 Å². The number of likely N-dealkylation sites (tertiary alicyclic amines) is 1. The Morgan fingerprint density at radius 3 is 2.96 bits per heavy atom. The molecular weight excluding hydrogens is 378 g/mol. The number of ether oxygens (including phenoxy) is 2. The van der Waals surface area contributed by atoms with E-state index in [9.17, 15) is 14.7 Å². The van der Waals surface area contributed by atoms with Crippen LogP contribution in [-0.2, 0) is 14.3 Å². The van der Waals surface area contributed by atoms with Crippen molar-refractivity contribution in [3.8, 4) is 5.75 Å². The monoisotopic (exact) mass is 395 g/mol. The third-order valence-corrected chi connectivity index (χ3v) is 4.97. The molecule has 1 unspecified atom stereocenters. The average Bonchev–Trinajstić information content (AvgIpc) is 2.99. The zero-order valence-electron chi connectivity index (χ0n) is 13.3. The lowest BCUT2D eigenvalue weighted by Crippen LogP contribution is -2.41. The normalized spacial score (nSPS) is 22.6. The lowest BCUT2D eigenvalue weighted by Gasteiger charge is -2.25. The molecule has 1 N–H and O–H groups in total. The van der Waals surface area contributed by atoms with E-state index in [4.69, 9.17) is 9.47 Å². The van der Waals surface area contributed by atoms with E-state index in [1.807, 2.05) is 24.3 Å². The molecule has 1 aromatic rings. The summed E-state index contributed by atoms with van der Waals surface area (Å²) in [5.41, 5.74) is 0.334. The van der Waals surface area contributed by atoms with Gasteiger partial charge in [0.05, 0.1) is 12.2 Å². The fraction of sp³-hybridized carbons (Fsp3) is 0.412. The van der Waals surface area contributed by atoms with Gasteiger partial charge in [-0.3, -0.25) is 9.59 Å². The van der Waals surface area contributed by atoms with E-state index >= 15 is 0 Å². The topological polar surface area (TPSA) is 76.1 Å². The number of amides is 1. The molecule has 7 heteroatoms. The second-order valence-electron chi connectivity index (χ2n) is 6.14. The molecular formula is C17H18BrNO5. The summed E-state index contributed by atoms with van der Waals surface area (Å²) in [6, 6.07) is 5.62. The van der Waals surface area contributed by atoms with Gasteiger partial charge in [0, 0.05) is 30.2 Å².